The van der Waals surface area contributed by atoms with Gasteiger partial charge in [0, 0.05) is 0 Å². The quantitative estimate of drug-likeness (QED) is 0.660. The van der Waals surface area contributed by atoms with Crippen LogP contribution < -0.4 is 4.31 Å². The average Bonchev–Trinajstić information content (AvgIpc) is 2.58. The molecule has 3 rings (SSSR count). The van der Waals surface area contributed by atoms with Crippen molar-refractivity contribution in [2.24, 2.45) is 0 Å². The topological polar surface area (TPSA) is 26.3 Å². The molecule has 0 radical (unpaired) electrons. The molecule has 0 saturated carbocycles. The van der Waals surface area contributed by atoms with Crippen LogP contribution in [0.1, 0.15) is 0 Å². The predicted octanol–water partition coefficient (Wildman–Crippen LogP) is 4.55. The van der Waals surface area contributed by atoms with Crippen molar-refractivity contribution in [3.05, 3.63) is 91.0 Å². The monoisotopic (exact) mass is 293 g/mol. The molecule has 0 spiro atoms. The first-order valence-corrected chi connectivity index (χ1v) is 7.84. The van der Waals surface area contributed by atoms with Gasteiger partial charge in [0.1, 0.15) is 11.4 Å². The normalized spacial score (nSPS) is 11.9. The van der Waals surface area contributed by atoms with Crippen LogP contribution in [0.3, 0.4) is 0 Å². The summed E-state index contributed by atoms with van der Waals surface area (Å²) in [5, 5.41) is 0. The van der Waals surface area contributed by atoms with E-state index < -0.39 is 11.4 Å². The highest BCUT2D eigenvalue weighted by Crippen LogP contribution is 2.31. The summed E-state index contributed by atoms with van der Waals surface area (Å²) in [5.74, 6) is 0. The minimum Gasteiger partial charge on any atom is -0.587 e. The van der Waals surface area contributed by atoms with Crippen molar-refractivity contribution in [2.75, 3.05) is 4.31 Å². The lowest BCUT2D eigenvalue weighted by Crippen LogP contribution is -2.26. The first-order chi connectivity index (χ1) is 10.4. The Morgan fingerprint density at radius 2 is 0.952 bits per heavy atom. The van der Waals surface area contributed by atoms with Crippen LogP contribution in [0.25, 0.3) is 0 Å². The highest BCUT2D eigenvalue weighted by atomic mass is 32.2. The van der Waals surface area contributed by atoms with Crippen LogP contribution in [0.4, 0.5) is 11.4 Å². The molecular weight excluding hydrogens is 278 g/mol. The van der Waals surface area contributed by atoms with Crippen LogP contribution in [0, 0.1) is 0 Å². The van der Waals surface area contributed by atoms with E-state index in [1.165, 1.54) is 0 Å². The van der Waals surface area contributed by atoms with Crippen molar-refractivity contribution >= 4 is 22.7 Å². The van der Waals surface area contributed by atoms with Gasteiger partial charge in [0.15, 0.2) is 4.90 Å². The first kappa shape index (κ1) is 13.7. The van der Waals surface area contributed by atoms with Gasteiger partial charge in [-0.05, 0) is 36.4 Å². The Morgan fingerprint density at radius 1 is 0.571 bits per heavy atom. The first-order valence-electron chi connectivity index (χ1n) is 6.73. The van der Waals surface area contributed by atoms with E-state index in [9.17, 15) is 4.55 Å². The standard InChI is InChI=1S/C18H15NOS/c20-21(18-14-8-3-9-15-18)19(16-10-4-1-5-11-16)17-12-6-2-7-13-17/h1-15H. The summed E-state index contributed by atoms with van der Waals surface area (Å²) in [6.07, 6.45) is 0. The predicted molar refractivity (Wildman–Crippen MR) is 87.9 cm³/mol. The zero-order valence-electron chi connectivity index (χ0n) is 11.4. The van der Waals surface area contributed by atoms with Crippen molar-refractivity contribution < 1.29 is 4.55 Å². The summed E-state index contributed by atoms with van der Waals surface area (Å²) in [7, 11) is 0. The molecule has 0 amide bonds. The highest BCUT2D eigenvalue weighted by molar-refractivity contribution is 7.93. The fraction of sp³-hybridized carbons (Fsp3) is 0. The number of hydrogen-bond acceptors (Lipinski definition) is 2. The van der Waals surface area contributed by atoms with Crippen molar-refractivity contribution in [2.45, 2.75) is 4.90 Å². The number of hydrogen-bond donors (Lipinski definition) is 0. The van der Waals surface area contributed by atoms with Crippen LogP contribution in [-0.2, 0) is 11.4 Å². The Morgan fingerprint density at radius 3 is 1.38 bits per heavy atom. The third-order valence-electron chi connectivity index (χ3n) is 3.09. The lowest BCUT2D eigenvalue weighted by atomic mass is 10.3. The Balaban J connectivity index is 2.05. The molecule has 0 fully saturated rings. The van der Waals surface area contributed by atoms with Crippen LogP contribution >= 0.6 is 0 Å². The molecule has 0 aliphatic carbocycles. The number of rotatable bonds is 4. The van der Waals surface area contributed by atoms with Crippen LogP contribution in [0.15, 0.2) is 95.9 Å². The summed E-state index contributed by atoms with van der Waals surface area (Å²) < 4.78 is 14.8. The smallest absolute Gasteiger partial charge is 0.180 e. The van der Waals surface area contributed by atoms with Crippen molar-refractivity contribution in [1.29, 1.82) is 0 Å². The summed E-state index contributed by atoms with van der Waals surface area (Å²) in [6, 6.07) is 29.1. The number of nitrogens with zero attached hydrogens (tertiary/aromatic N) is 1. The molecule has 104 valence electrons. The van der Waals surface area contributed by atoms with Gasteiger partial charge in [-0.1, -0.05) is 54.6 Å². The average molecular weight is 293 g/mol. The molecule has 0 aliphatic rings. The van der Waals surface area contributed by atoms with Gasteiger partial charge in [0.05, 0.1) is 11.4 Å². The Labute approximate surface area is 128 Å². The molecule has 0 aliphatic heterocycles. The third-order valence-corrected chi connectivity index (χ3v) is 4.52. The minimum absolute atomic E-state index is 0.783. The molecule has 0 N–H and O–H groups in total. The van der Waals surface area contributed by atoms with E-state index in [-0.39, 0.29) is 0 Å². The molecular formula is C18H15NOS. The lowest BCUT2D eigenvalue weighted by molar-refractivity contribution is 0.595. The van der Waals surface area contributed by atoms with Crippen LogP contribution in [0.5, 0.6) is 0 Å². The van der Waals surface area contributed by atoms with Crippen molar-refractivity contribution in [3.63, 3.8) is 0 Å². The van der Waals surface area contributed by atoms with Crippen LogP contribution in [-0.4, -0.2) is 4.55 Å². The fourth-order valence-electron chi connectivity index (χ4n) is 2.11. The van der Waals surface area contributed by atoms with Gasteiger partial charge in [0.25, 0.3) is 0 Å². The van der Waals surface area contributed by atoms with E-state index in [0.29, 0.717) is 0 Å². The number of para-hydroxylation sites is 2. The Bertz CT molecular complexity index is 634. The largest absolute Gasteiger partial charge is 0.587 e. The Kier molecular flexibility index (Phi) is 4.24. The minimum atomic E-state index is -1.29. The van der Waals surface area contributed by atoms with Crippen LogP contribution in [0.2, 0.25) is 0 Å². The van der Waals surface area contributed by atoms with E-state index in [1.54, 1.807) is 0 Å². The fourth-order valence-corrected chi connectivity index (χ4v) is 3.34. The molecule has 0 saturated heterocycles. The second-order valence-electron chi connectivity index (χ2n) is 4.53. The van der Waals surface area contributed by atoms with Crippen molar-refractivity contribution in [1.82, 2.24) is 0 Å². The lowest BCUT2D eigenvalue weighted by Gasteiger charge is -2.25. The van der Waals surface area contributed by atoms with Gasteiger partial charge >= 0.3 is 0 Å². The molecule has 3 aromatic rings. The molecule has 1 unspecified atom stereocenters. The zero-order valence-corrected chi connectivity index (χ0v) is 12.2. The molecule has 0 heterocycles. The SMILES string of the molecule is [O-][S+](c1ccccc1)N(c1ccccc1)c1ccccc1. The Hall–Kier alpha value is -2.23. The maximum Gasteiger partial charge on any atom is 0.180 e. The van der Waals surface area contributed by atoms with Gasteiger partial charge in [-0.2, -0.15) is 4.31 Å². The van der Waals surface area contributed by atoms with E-state index in [2.05, 4.69) is 0 Å². The maximum atomic E-state index is 13.0. The van der Waals surface area contributed by atoms with E-state index in [0.717, 1.165) is 16.3 Å². The highest BCUT2D eigenvalue weighted by Gasteiger charge is 2.24. The van der Waals surface area contributed by atoms with Gasteiger partial charge < -0.3 is 4.55 Å². The van der Waals surface area contributed by atoms with E-state index in [1.807, 2.05) is 95.3 Å². The molecule has 3 aromatic carbocycles. The molecule has 21 heavy (non-hydrogen) atoms. The summed E-state index contributed by atoms with van der Waals surface area (Å²) in [5.41, 5.74) is 1.82. The van der Waals surface area contributed by atoms with Gasteiger partial charge in [0.2, 0.25) is 0 Å². The molecule has 3 heteroatoms. The van der Waals surface area contributed by atoms with Crippen molar-refractivity contribution in [3.8, 4) is 0 Å². The third kappa shape index (κ3) is 3.10. The molecule has 0 bridgehead atoms. The van der Waals surface area contributed by atoms with Gasteiger partial charge in [-0.3, -0.25) is 0 Å². The van der Waals surface area contributed by atoms with E-state index in [4.69, 9.17) is 0 Å². The molecule has 1 atom stereocenters. The second-order valence-corrected chi connectivity index (χ2v) is 5.86. The van der Waals surface area contributed by atoms with Gasteiger partial charge in [-0.15, -0.1) is 0 Å². The summed E-state index contributed by atoms with van der Waals surface area (Å²) in [4.78, 5) is 0.783. The summed E-state index contributed by atoms with van der Waals surface area (Å²) in [6.45, 7) is 0. The summed E-state index contributed by atoms with van der Waals surface area (Å²) >= 11 is -1.29. The molecule has 2 nitrogen and oxygen atoms in total. The van der Waals surface area contributed by atoms with Gasteiger partial charge in [-0.25, -0.2) is 0 Å². The number of anilines is 2. The molecule has 0 aromatic heterocycles. The zero-order chi connectivity index (χ0) is 14.5. The number of benzene rings is 3. The second kappa shape index (κ2) is 6.48. The maximum absolute atomic E-state index is 13.0. The van der Waals surface area contributed by atoms with E-state index >= 15 is 0 Å².